The molecule has 4 aliphatic carbocycles. The fourth-order valence-electron chi connectivity index (χ4n) is 7.49. The highest BCUT2D eigenvalue weighted by molar-refractivity contribution is 7.92. The Morgan fingerprint density at radius 3 is 2.58 bits per heavy atom. The lowest BCUT2D eigenvalue weighted by Gasteiger charge is -2.61. The number of phosphoric acid groups is 1. The second kappa shape index (κ2) is 8.43. The molecule has 4 aliphatic rings. The van der Waals surface area contributed by atoms with Crippen molar-refractivity contribution in [3.05, 3.63) is 47.0 Å². The molecule has 0 spiro atoms. The molecule has 5 N–H and O–H groups in total. The third-order valence-electron chi connectivity index (χ3n) is 8.06. The lowest BCUT2D eigenvalue weighted by molar-refractivity contribution is -0.121. The summed E-state index contributed by atoms with van der Waals surface area (Å²) in [5.41, 5.74) is -0.484. The SMILES string of the molecule is [2H]C([2H])([2H])n1cc(-c2cc(NS(C)(=O)=O)ccc2NC23CC4CC(C2)CC(OP(=O)(O)O)(C4)C3)c2cc[nH]c2c1=O. The van der Waals surface area contributed by atoms with Gasteiger partial charge in [-0.05, 0) is 68.2 Å². The quantitative estimate of drug-likeness (QED) is 0.272. The predicted octanol–water partition coefficient (Wildman–Crippen LogP) is 3.52. The first kappa shape index (κ1) is 22.2. The third-order valence-corrected chi connectivity index (χ3v) is 9.29. The van der Waals surface area contributed by atoms with Gasteiger partial charge in [0.1, 0.15) is 5.52 Å². The lowest BCUT2D eigenvalue weighted by atomic mass is 9.51. The van der Waals surface area contributed by atoms with Crippen LogP contribution in [0.2, 0.25) is 0 Å². The summed E-state index contributed by atoms with van der Waals surface area (Å²) in [6.07, 6.45) is 7.78. The van der Waals surface area contributed by atoms with E-state index in [4.69, 9.17) is 8.64 Å². The van der Waals surface area contributed by atoms with Gasteiger partial charge in [-0.2, -0.15) is 0 Å². The van der Waals surface area contributed by atoms with E-state index in [0.29, 0.717) is 46.0 Å². The van der Waals surface area contributed by atoms with E-state index in [9.17, 15) is 27.6 Å². The molecule has 0 saturated heterocycles. The van der Waals surface area contributed by atoms with Gasteiger partial charge in [-0.1, -0.05) is 0 Å². The fraction of sp³-hybridized carbons (Fsp3) is 0.480. The predicted molar refractivity (Wildman–Crippen MR) is 144 cm³/mol. The van der Waals surface area contributed by atoms with Gasteiger partial charge in [0.05, 0.1) is 11.9 Å². The summed E-state index contributed by atoms with van der Waals surface area (Å²) in [6, 6.07) is 6.52. The van der Waals surface area contributed by atoms with E-state index in [1.54, 1.807) is 24.3 Å². The Hall–Kier alpha value is -2.63. The molecule has 3 aromatic rings. The summed E-state index contributed by atoms with van der Waals surface area (Å²) in [6.45, 7) is -2.77. The highest BCUT2D eigenvalue weighted by Gasteiger charge is 2.60. The van der Waals surface area contributed by atoms with E-state index in [1.165, 1.54) is 12.4 Å². The first-order chi connectivity index (χ1) is 18.9. The van der Waals surface area contributed by atoms with Crippen LogP contribution in [-0.4, -0.2) is 45.2 Å². The van der Waals surface area contributed by atoms with Crippen LogP contribution in [0.4, 0.5) is 11.4 Å². The van der Waals surface area contributed by atoms with Crippen LogP contribution >= 0.6 is 7.82 Å². The maximum atomic E-state index is 13.0. The first-order valence-electron chi connectivity index (χ1n) is 13.8. The summed E-state index contributed by atoms with van der Waals surface area (Å²) < 4.78 is 68.4. The molecule has 0 aliphatic heterocycles. The van der Waals surface area contributed by atoms with Gasteiger partial charge >= 0.3 is 7.82 Å². The maximum absolute atomic E-state index is 13.0. The molecule has 38 heavy (non-hydrogen) atoms. The minimum absolute atomic E-state index is 0.0925. The van der Waals surface area contributed by atoms with Gasteiger partial charge in [0.25, 0.3) is 5.56 Å². The molecule has 11 nitrogen and oxygen atoms in total. The van der Waals surface area contributed by atoms with Crippen molar-refractivity contribution in [2.45, 2.75) is 49.7 Å². The van der Waals surface area contributed by atoms with Gasteiger partial charge in [0, 0.05) is 63.3 Å². The van der Waals surface area contributed by atoms with Crippen LogP contribution < -0.4 is 15.6 Å². The molecule has 4 fully saturated rings. The van der Waals surface area contributed by atoms with Crippen LogP contribution in [0.15, 0.2) is 41.5 Å². The molecule has 1 aromatic carbocycles. The topological polar surface area (TPSA) is 163 Å². The average molecular weight is 566 g/mol. The van der Waals surface area contributed by atoms with Crippen LogP contribution in [0.3, 0.4) is 0 Å². The number of aromatic nitrogens is 2. The van der Waals surface area contributed by atoms with E-state index in [-0.39, 0.29) is 23.0 Å². The Morgan fingerprint density at radius 2 is 1.92 bits per heavy atom. The van der Waals surface area contributed by atoms with Gasteiger partial charge in [0.15, 0.2) is 0 Å². The molecule has 13 heteroatoms. The number of fused-ring (bicyclic) bond motifs is 1. The molecule has 2 aromatic heterocycles. The van der Waals surface area contributed by atoms with E-state index >= 15 is 0 Å². The number of aromatic amines is 1. The molecule has 0 amide bonds. The number of anilines is 2. The summed E-state index contributed by atoms with van der Waals surface area (Å²) >= 11 is 0. The molecule has 0 radical (unpaired) electrons. The van der Waals surface area contributed by atoms with Crippen LogP contribution in [0.25, 0.3) is 22.0 Å². The fourth-order valence-corrected chi connectivity index (χ4v) is 8.76. The number of benzene rings is 1. The smallest absolute Gasteiger partial charge is 0.379 e. The van der Waals surface area contributed by atoms with Crippen molar-refractivity contribution in [3.8, 4) is 11.1 Å². The van der Waals surface area contributed by atoms with Gasteiger partial charge < -0.3 is 24.7 Å². The highest BCUT2D eigenvalue weighted by atomic mass is 32.2. The largest absolute Gasteiger partial charge is 0.470 e. The molecular weight excluding hydrogens is 531 g/mol. The second-order valence-electron chi connectivity index (χ2n) is 11.3. The molecule has 4 bridgehead atoms. The summed E-state index contributed by atoms with van der Waals surface area (Å²) in [5.74, 6) is 0.414. The summed E-state index contributed by atoms with van der Waals surface area (Å²) in [4.78, 5) is 35.2. The van der Waals surface area contributed by atoms with Crippen molar-refractivity contribution in [2.75, 3.05) is 16.3 Å². The molecule has 2 heterocycles. The van der Waals surface area contributed by atoms with Crippen molar-refractivity contribution in [3.63, 3.8) is 0 Å². The number of aryl methyl sites for hydroxylation is 1. The van der Waals surface area contributed by atoms with Crippen molar-refractivity contribution < 1.29 is 31.4 Å². The van der Waals surface area contributed by atoms with Gasteiger partial charge in [-0.15, -0.1) is 0 Å². The van der Waals surface area contributed by atoms with Crippen LogP contribution in [0.1, 0.15) is 42.6 Å². The first-order valence-corrected chi connectivity index (χ1v) is 15.8. The van der Waals surface area contributed by atoms with Gasteiger partial charge in [0.2, 0.25) is 10.0 Å². The van der Waals surface area contributed by atoms with E-state index < -0.39 is 41.5 Å². The molecule has 2 unspecified atom stereocenters. The van der Waals surface area contributed by atoms with Gasteiger partial charge in [-0.3, -0.25) is 14.0 Å². The number of nitrogens with zero attached hydrogens (tertiary/aromatic N) is 1. The number of hydrogen-bond donors (Lipinski definition) is 5. The Kier molecular flexibility index (Phi) is 4.93. The number of H-pyrrole nitrogens is 1. The van der Waals surface area contributed by atoms with Crippen molar-refractivity contribution in [2.24, 2.45) is 18.8 Å². The number of phosphoric ester groups is 1. The Labute approximate surface area is 224 Å². The summed E-state index contributed by atoms with van der Waals surface area (Å²) in [5, 5.41) is 4.10. The zero-order valence-electron chi connectivity index (χ0n) is 23.6. The summed E-state index contributed by atoms with van der Waals surface area (Å²) in [7, 11) is -8.38. The van der Waals surface area contributed by atoms with Crippen molar-refractivity contribution in [1.29, 1.82) is 0 Å². The molecule has 4 saturated carbocycles. The Bertz CT molecular complexity index is 1750. The van der Waals surface area contributed by atoms with Crippen LogP contribution in [0.5, 0.6) is 0 Å². The minimum Gasteiger partial charge on any atom is -0.379 e. The number of hydrogen-bond acceptors (Lipinski definition) is 6. The van der Waals surface area contributed by atoms with Crippen LogP contribution in [-0.2, 0) is 26.1 Å². The molecule has 7 rings (SSSR count). The number of rotatable bonds is 7. The molecule has 204 valence electrons. The van der Waals surface area contributed by atoms with E-state index in [2.05, 4.69) is 15.0 Å². The molecular formula is C25H31N4O7PS. The average Bonchev–Trinajstić information content (AvgIpc) is 3.27. The van der Waals surface area contributed by atoms with Gasteiger partial charge in [-0.25, -0.2) is 13.0 Å². The minimum atomic E-state index is -4.74. The number of sulfonamides is 1. The van der Waals surface area contributed by atoms with Crippen LogP contribution in [0, 0.1) is 11.8 Å². The normalized spacial score (nSPS) is 30.1. The maximum Gasteiger partial charge on any atom is 0.470 e. The second-order valence-corrected chi connectivity index (χ2v) is 14.2. The van der Waals surface area contributed by atoms with Crippen molar-refractivity contribution >= 4 is 40.1 Å². The monoisotopic (exact) mass is 565 g/mol. The highest BCUT2D eigenvalue weighted by Crippen LogP contribution is 2.63. The van der Waals surface area contributed by atoms with E-state index in [1.807, 2.05) is 0 Å². The zero-order chi connectivity index (χ0) is 29.6. The Balaban J connectivity index is 1.50. The molecule has 2 atom stereocenters. The number of pyridine rings is 1. The zero-order valence-corrected chi connectivity index (χ0v) is 22.3. The van der Waals surface area contributed by atoms with E-state index in [0.717, 1.165) is 25.5 Å². The Morgan fingerprint density at radius 1 is 1.18 bits per heavy atom. The number of nitrogens with one attached hydrogen (secondary N) is 3. The van der Waals surface area contributed by atoms with Crippen molar-refractivity contribution in [1.82, 2.24) is 9.55 Å². The standard InChI is InChI=1S/C25H31N4O7PS/c1-29-13-20(18-5-6-26-22(18)23(29)30)19-8-17(28-38(2,34)35)3-4-21(19)27-24-9-15-7-16(10-24)12-25(11-15,14-24)36-37(31,32)33/h3-6,8,13,15-16,26-28H,7,9-12,14H2,1-2H3,(H2,31,32,33)/i1D3. The lowest BCUT2D eigenvalue weighted by Crippen LogP contribution is -2.62. The third kappa shape index (κ3) is 4.69.